The van der Waals surface area contributed by atoms with Crippen LogP contribution in [0.5, 0.6) is 0 Å². The third kappa shape index (κ3) is 5.83. The van der Waals surface area contributed by atoms with Crippen molar-refractivity contribution in [3.8, 4) is 0 Å². The Hall–Kier alpha value is -2.69. The monoisotopic (exact) mass is 325 g/mol. The fourth-order valence-corrected chi connectivity index (χ4v) is 2.49. The van der Waals surface area contributed by atoms with Crippen LogP contribution in [0.15, 0.2) is 54.9 Å². The molecular weight excluding hydrogens is 302 g/mol. The van der Waals surface area contributed by atoms with Crippen LogP contribution in [0, 0.1) is 0 Å². The molecule has 5 heteroatoms. The number of carbonyl (C=O) groups excluding carboxylic acids is 2. The lowest BCUT2D eigenvalue weighted by Crippen LogP contribution is -2.33. The molecule has 0 spiro atoms. The van der Waals surface area contributed by atoms with Crippen molar-refractivity contribution in [3.05, 3.63) is 66.0 Å². The molecule has 24 heavy (non-hydrogen) atoms. The zero-order valence-electron chi connectivity index (χ0n) is 13.9. The summed E-state index contributed by atoms with van der Waals surface area (Å²) in [6.07, 6.45) is 4.82. The Morgan fingerprint density at radius 3 is 2.33 bits per heavy atom. The van der Waals surface area contributed by atoms with E-state index in [1.54, 1.807) is 12.4 Å². The van der Waals surface area contributed by atoms with Crippen molar-refractivity contribution in [1.82, 2.24) is 15.6 Å². The van der Waals surface area contributed by atoms with Crippen molar-refractivity contribution in [2.75, 3.05) is 13.1 Å². The Morgan fingerprint density at radius 2 is 1.67 bits per heavy atom. The highest BCUT2D eigenvalue weighted by molar-refractivity contribution is 5.84. The van der Waals surface area contributed by atoms with Gasteiger partial charge in [0.05, 0.1) is 5.92 Å². The van der Waals surface area contributed by atoms with Crippen molar-refractivity contribution in [2.24, 2.45) is 0 Å². The molecule has 1 unspecified atom stereocenters. The molecule has 0 aliphatic carbocycles. The summed E-state index contributed by atoms with van der Waals surface area (Å²) in [6.45, 7) is 2.59. The lowest BCUT2D eigenvalue weighted by molar-refractivity contribution is -0.122. The van der Waals surface area contributed by atoms with E-state index in [9.17, 15) is 9.59 Å². The van der Waals surface area contributed by atoms with Gasteiger partial charge in [0.2, 0.25) is 11.8 Å². The van der Waals surface area contributed by atoms with Gasteiger partial charge in [-0.25, -0.2) is 0 Å². The summed E-state index contributed by atoms with van der Waals surface area (Å²) < 4.78 is 0. The minimum Gasteiger partial charge on any atom is -0.356 e. The number of benzene rings is 1. The molecule has 1 aromatic carbocycles. The third-order valence-corrected chi connectivity index (χ3v) is 3.73. The van der Waals surface area contributed by atoms with Crippen LogP contribution in [0.4, 0.5) is 0 Å². The van der Waals surface area contributed by atoms with Crippen LogP contribution in [0.3, 0.4) is 0 Å². The highest BCUT2D eigenvalue weighted by Gasteiger charge is 2.20. The first-order valence-electron chi connectivity index (χ1n) is 8.13. The first-order chi connectivity index (χ1) is 11.7. The molecule has 1 heterocycles. The molecule has 2 amide bonds. The molecule has 0 saturated carbocycles. The van der Waals surface area contributed by atoms with E-state index in [-0.39, 0.29) is 17.7 Å². The highest BCUT2D eigenvalue weighted by atomic mass is 16.2. The topological polar surface area (TPSA) is 71.1 Å². The first-order valence-corrected chi connectivity index (χ1v) is 8.13. The Kier molecular flexibility index (Phi) is 6.95. The van der Waals surface area contributed by atoms with E-state index in [1.807, 2.05) is 42.5 Å². The van der Waals surface area contributed by atoms with Crippen LogP contribution < -0.4 is 10.6 Å². The second-order valence-electron chi connectivity index (χ2n) is 5.65. The summed E-state index contributed by atoms with van der Waals surface area (Å²) >= 11 is 0. The number of nitrogens with one attached hydrogen (secondary N) is 2. The molecule has 126 valence electrons. The van der Waals surface area contributed by atoms with Gasteiger partial charge in [-0.3, -0.25) is 14.6 Å². The number of pyridine rings is 1. The standard InChI is InChI=1S/C19H23N3O2/c1-15(23)21-10-5-11-22-19(24)18(17-6-3-2-4-7-17)14-16-8-12-20-13-9-16/h2-4,6-9,12-13,18H,5,10-11,14H2,1H3,(H,21,23)(H,22,24). The van der Waals surface area contributed by atoms with Gasteiger partial charge in [-0.2, -0.15) is 0 Å². The van der Waals surface area contributed by atoms with E-state index in [0.29, 0.717) is 25.9 Å². The molecule has 0 bridgehead atoms. The third-order valence-electron chi connectivity index (χ3n) is 3.73. The van der Waals surface area contributed by atoms with E-state index in [4.69, 9.17) is 0 Å². The molecular formula is C19H23N3O2. The average molecular weight is 325 g/mol. The van der Waals surface area contributed by atoms with Crippen LogP contribution in [-0.2, 0) is 16.0 Å². The quantitative estimate of drug-likeness (QED) is 0.730. The van der Waals surface area contributed by atoms with Crippen LogP contribution >= 0.6 is 0 Å². The van der Waals surface area contributed by atoms with Gasteiger partial charge in [0.25, 0.3) is 0 Å². The zero-order chi connectivity index (χ0) is 17.2. The van der Waals surface area contributed by atoms with Gasteiger partial charge in [-0.05, 0) is 36.1 Å². The maximum Gasteiger partial charge on any atom is 0.227 e. The van der Waals surface area contributed by atoms with E-state index in [0.717, 1.165) is 11.1 Å². The van der Waals surface area contributed by atoms with Gasteiger partial charge in [-0.1, -0.05) is 30.3 Å². The minimum absolute atomic E-state index is 0.000775. The minimum atomic E-state index is -0.241. The van der Waals surface area contributed by atoms with Crippen molar-refractivity contribution in [2.45, 2.75) is 25.7 Å². The van der Waals surface area contributed by atoms with E-state index < -0.39 is 0 Å². The van der Waals surface area contributed by atoms with Crippen LogP contribution in [0.1, 0.15) is 30.4 Å². The van der Waals surface area contributed by atoms with Gasteiger partial charge in [0, 0.05) is 32.4 Å². The number of aromatic nitrogens is 1. The van der Waals surface area contributed by atoms with Gasteiger partial charge < -0.3 is 10.6 Å². The van der Waals surface area contributed by atoms with Gasteiger partial charge >= 0.3 is 0 Å². The maximum absolute atomic E-state index is 12.6. The smallest absolute Gasteiger partial charge is 0.227 e. The Balaban J connectivity index is 1.97. The van der Waals surface area contributed by atoms with Crippen LogP contribution in [0.25, 0.3) is 0 Å². The predicted octanol–water partition coefficient (Wildman–Crippen LogP) is 2.05. The molecule has 2 N–H and O–H groups in total. The lowest BCUT2D eigenvalue weighted by atomic mass is 9.91. The number of rotatable bonds is 8. The van der Waals surface area contributed by atoms with Crippen molar-refractivity contribution in [1.29, 1.82) is 0 Å². The maximum atomic E-state index is 12.6. The van der Waals surface area contributed by atoms with E-state index >= 15 is 0 Å². The van der Waals surface area contributed by atoms with Gasteiger partial charge in [-0.15, -0.1) is 0 Å². The van der Waals surface area contributed by atoms with Crippen molar-refractivity contribution in [3.63, 3.8) is 0 Å². The predicted molar refractivity (Wildman–Crippen MR) is 93.4 cm³/mol. The summed E-state index contributed by atoms with van der Waals surface area (Å²) in [6, 6.07) is 13.6. The van der Waals surface area contributed by atoms with Gasteiger partial charge in [0.1, 0.15) is 0 Å². The second-order valence-corrected chi connectivity index (χ2v) is 5.65. The average Bonchev–Trinajstić information content (AvgIpc) is 2.60. The summed E-state index contributed by atoms with van der Waals surface area (Å²) in [7, 11) is 0. The number of carbonyl (C=O) groups is 2. The van der Waals surface area contributed by atoms with E-state index in [2.05, 4.69) is 15.6 Å². The molecule has 0 fully saturated rings. The van der Waals surface area contributed by atoms with Crippen molar-refractivity contribution < 1.29 is 9.59 Å². The normalized spacial score (nSPS) is 11.5. The number of nitrogens with zero attached hydrogens (tertiary/aromatic N) is 1. The molecule has 0 aliphatic rings. The molecule has 0 aliphatic heterocycles. The Morgan fingerprint density at radius 1 is 1.00 bits per heavy atom. The summed E-state index contributed by atoms with van der Waals surface area (Å²) in [5.74, 6) is -0.295. The van der Waals surface area contributed by atoms with Crippen LogP contribution in [0.2, 0.25) is 0 Å². The molecule has 0 radical (unpaired) electrons. The zero-order valence-corrected chi connectivity index (χ0v) is 13.9. The highest BCUT2D eigenvalue weighted by Crippen LogP contribution is 2.21. The molecule has 0 saturated heterocycles. The molecule has 1 atom stereocenters. The fourth-order valence-electron chi connectivity index (χ4n) is 2.49. The Labute approximate surface area is 142 Å². The van der Waals surface area contributed by atoms with E-state index in [1.165, 1.54) is 6.92 Å². The summed E-state index contributed by atoms with van der Waals surface area (Å²) in [5, 5.41) is 5.69. The molecule has 1 aromatic heterocycles. The number of hydrogen-bond acceptors (Lipinski definition) is 3. The number of hydrogen-bond donors (Lipinski definition) is 2. The summed E-state index contributed by atoms with van der Waals surface area (Å²) in [4.78, 5) is 27.5. The van der Waals surface area contributed by atoms with Crippen molar-refractivity contribution >= 4 is 11.8 Å². The lowest BCUT2D eigenvalue weighted by Gasteiger charge is -2.17. The molecule has 5 nitrogen and oxygen atoms in total. The fraction of sp³-hybridized carbons (Fsp3) is 0.316. The van der Waals surface area contributed by atoms with Crippen LogP contribution in [-0.4, -0.2) is 29.9 Å². The molecule has 2 aromatic rings. The van der Waals surface area contributed by atoms with Gasteiger partial charge in [0.15, 0.2) is 0 Å². The largest absolute Gasteiger partial charge is 0.356 e. The number of amides is 2. The first kappa shape index (κ1) is 17.7. The molecule has 2 rings (SSSR count). The second kappa shape index (κ2) is 9.45. The SMILES string of the molecule is CC(=O)NCCCNC(=O)C(Cc1ccncc1)c1ccccc1. The summed E-state index contributed by atoms with van der Waals surface area (Å²) in [5.41, 5.74) is 2.07. The Bertz CT molecular complexity index is 644.